The number of rotatable bonds is 5. The van der Waals surface area contributed by atoms with Crippen molar-refractivity contribution in [2.45, 2.75) is 32.9 Å². The fourth-order valence-electron chi connectivity index (χ4n) is 2.27. The Kier molecular flexibility index (Phi) is 4.91. The number of likely N-dealkylation sites (N-methyl/N-ethyl adjacent to an activating group) is 1. The molecule has 0 saturated heterocycles. The lowest BCUT2D eigenvalue weighted by molar-refractivity contribution is 0.243. The molecule has 2 aromatic rings. The van der Waals surface area contributed by atoms with Crippen molar-refractivity contribution in [1.29, 1.82) is 0 Å². The first kappa shape index (κ1) is 15.4. The molecule has 1 unspecified atom stereocenters. The van der Waals surface area contributed by atoms with Gasteiger partial charge in [-0.05, 0) is 50.7 Å². The normalized spacial score (nSPS) is 12.6. The number of aryl methyl sites for hydroxylation is 1. The molecule has 0 aliphatic carbocycles. The van der Waals surface area contributed by atoms with Gasteiger partial charge in [0.2, 0.25) is 0 Å². The van der Waals surface area contributed by atoms with Crippen LogP contribution in [0.4, 0.5) is 4.39 Å². The molecule has 0 radical (unpaired) electrons. The Balaban J connectivity index is 2.04. The summed E-state index contributed by atoms with van der Waals surface area (Å²) >= 11 is 0. The lowest BCUT2D eigenvalue weighted by atomic mass is 10.1. The van der Waals surface area contributed by atoms with Crippen LogP contribution in [0.2, 0.25) is 0 Å². The van der Waals surface area contributed by atoms with Crippen LogP contribution in [0.15, 0.2) is 36.5 Å². The Morgan fingerprint density at radius 1 is 1.33 bits per heavy atom. The number of halogens is 1. The number of phenols is 1. The van der Waals surface area contributed by atoms with Crippen molar-refractivity contribution in [3.8, 4) is 5.75 Å². The van der Waals surface area contributed by atoms with Crippen LogP contribution in [-0.4, -0.2) is 28.1 Å². The van der Waals surface area contributed by atoms with Gasteiger partial charge < -0.3 is 5.11 Å². The van der Waals surface area contributed by atoms with E-state index in [2.05, 4.69) is 16.8 Å². The molecule has 0 aliphatic heterocycles. The summed E-state index contributed by atoms with van der Waals surface area (Å²) in [5, 5.41) is 9.79. The SMILES string of the molecule is Cc1cccnc1CC(C)N(C)Cc1cc(F)ccc1O. The van der Waals surface area contributed by atoms with Gasteiger partial charge in [-0.1, -0.05) is 6.07 Å². The summed E-state index contributed by atoms with van der Waals surface area (Å²) in [6, 6.07) is 8.25. The fourth-order valence-corrected chi connectivity index (χ4v) is 2.27. The predicted molar refractivity (Wildman–Crippen MR) is 81.7 cm³/mol. The van der Waals surface area contributed by atoms with Crippen LogP contribution >= 0.6 is 0 Å². The van der Waals surface area contributed by atoms with Crippen molar-refractivity contribution in [2.75, 3.05) is 7.05 Å². The van der Waals surface area contributed by atoms with Gasteiger partial charge in [-0.2, -0.15) is 0 Å². The Morgan fingerprint density at radius 3 is 2.81 bits per heavy atom. The summed E-state index contributed by atoms with van der Waals surface area (Å²) in [5.41, 5.74) is 2.84. The molecule has 3 nitrogen and oxygen atoms in total. The third-order valence-electron chi connectivity index (χ3n) is 3.82. The third-order valence-corrected chi connectivity index (χ3v) is 3.82. The monoisotopic (exact) mass is 288 g/mol. The average Bonchev–Trinajstić information content (AvgIpc) is 2.45. The maximum atomic E-state index is 13.3. The summed E-state index contributed by atoms with van der Waals surface area (Å²) in [6.07, 6.45) is 2.62. The molecule has 0 fully saturated rings. The van der Waals surface area contributed by atoms with Crippen molar-refractivity contribution in [1.82, 2.24) is 9.88 Å². The van der Waals surface area contributed by atoms with Crippen LogP contribution in [0.5, 0.6) is 5.75 Å². The van der Waals surface area contributed by atoms with Gasteiger partial charge in [-0.15, -0.1) is 0 Å². The zero-order valence-electron chi connectivity index (χ0n) is 12.7. The molecule has 1 heterocycles. The molecule has 1 N–H and O–H groups in total. The highest BCUT2D eigenvalue weighted by Gasteiger charge is 2.14. The summed E-state index contributed by atoms with van der Waals surface area (Å²) in [6.45, 7) is 4.65. The van der Waals surface area contributed by atoms with E-state index in [0.29, 0.717) is 12.1 Å². The van der Waals surface area contributed by atoms with Gasteiger partial charge in [0.05, 0.1) is 0 Å². The van der Waals surface area contributed by atoms with E-state index >= 15 is 0 Å². The second-order valence-electron chi connectivity index (χ2n) is 5.51. The summed E-state index contributed by atoms with van der Waals surface area (Å²) < 4.78 is 13.3. The molecule has 0 saturated carbocycles. The van der Waals surface area contributed by atoms with Crippen LogP contribution in [0.3, 0.4) is 0 Å². The molecule has 1 aromatic carbocycles. The minimum atomic E-state index is -0.329. The number of aromatic hydroxyl groups is 1. The zero-order chi connectivity index (χ0) is 15.4. The summed E-state index contributed by atoms with van der Waals surface area (Å²) in [4.78, 5) is 6.49. The minimum Gasteiger partial charge on any atom is -0.508 e. The molecule has 1 aromatic heterocycles. The Hall–Kier alpha value is -1.94. The van der Waals surface area contributed by atoms with Crippen LogP contribution in [-0.2, 0) is 13.0 Å². The third kappa shape index (κ3) is 4.02. The Labute approximate surface area is 125 Å². The lowest BCUT2D eigenvalue weighted by Crippen LogP contribution is -2.31. The number of pyridine rings is 1. The van der Waals surface area contributed by atoms with E-state index in [0.717, 1.165) is 12.1 Å². The van der Waals surface area contributed by atoms with Gasteiger partial charge in [0.15, 0.2) is 0 Å². The van der Waals surface area contributed by atoms with E-state index < -0.39 is 0 Å². The van der Waals surface area contributed by atoms with Crippen LogP contribution < -0.4 is 0 Å². The smallest absolute Gasteiger partial charge is 0.123 e. The molecule has 0 bridgehead atoms. The highest BCUT2D eigenvalue weighted by atomic mass is 19.1. The number of nitrogens with zero attached hydrogens (tertiary/aromatic N) is 2. The number of hydrogen-bond donors (Lipinski definition) is 1. The van der Waals surface area contributed by atoms with Gasteiger partial charge >= 0.3 is 0 Å². The second-order valence-corrected chi connectivity index (χ2v) is 5.51. The highest BCUT2D eigenvalue weighted by Crippen LogP contribution is 2.20. The first-order valence-electron chi connectivity index (χ1n) is 7.05. The van der Waals surface area contributed by atoms with Gasteiger partial charge in [0.25, 0.3) is 0 Å². The van der Waals surface area contributed by atoms with Crippen molar-refractivity contribution < 1.29 is 9.50 Å². The van der Waals surface area contributed by atoms with Crippen molar-refractivity contribution in [3.63, 3.8) is 0 Å². The molecule has 21 heavy (non-hydrogen) atoms. The lowest BCUT2D eigenvalue weighted by Gasteiger charge is -2.25. The number of benzene rings is 1. The van der Waals surface area contributed by atoms with Gasteiger partial charge in [-0.25, -0.2) is 4.39 Å². The van der Waals surface area contributed by atoms with E-state index in [4.69, 9.17) is 0 Å². The van der Waals surface area contributed by atoms with E-state index in [1.54, 1.807) is 6.20 Å². The van der Waals surface area contributed by atoms with E-state index in [-0.39, 0.29) is 17.6 Å². The zero-order valence-corrected chi connectivity index (χ0v) is 12.7. The molecular formula is C17H21FN2O. The quantitative estimate of drug-likeness (QED) is 0.917. The topological polar surface area (TPSA) is 36.4 Å². The minimum absolute atomic E-state index is 0.129. The molecule has 2 rings (SSSR count). The Morgan fingerprint density at radius 2 is 2.10 bits per heavy atom. The van der Waals surface area contributed by atoms with Gasteiger partial charge in [0, 0.05) is 36.5 Å². The number of phenolic OH excluding ortho intramolecular Hbond substituents is 1. The van der Waals surface area contributed by atoms with Gasteiger partial charge in [-0.3, -0.25) is 9.88 Å². The molecule has 1 atom stereocenters. The van der Waals surface area contributed by atoms with Crippen LogP contribution in [0.25, 0.3) is 0 Å². The molecule has 4 heteroatoms. The van der Waals surface area contributed by atoms with Crippen molar-refractivity contribution >= 4 is 0 Å². The fraction of sp³-hybridized carbons (Fsp3) is 0.353. The van der Waals surface area contributed by atoms with Crippen molar-refractivity contribution in [3.05, 3.63) is 59.2 Å². The maximum Gasteiger partial charge on any atom is 0.123 e. The molecular weight excluding hydrogens is 267 g/mol. The number of aromatic nitrogens is 1. The second kappa shape index (κ2) is 6.68. The van der Waals surface area contributed by atoms with Gasteiger partial charge in [0.1, 0.15) is 11.6 Å². The van der Waals surface area contributed by atoms with Crippen LogP contribution in [0.1, 0.15) is 23.7 Å². The van der Waals surface area contributed by atoms with Crippen molar-refractivity contribution in [2.24, 2.45) is 0 Å². The summed E-state index contributed by atoms with van der Waals surface area (Å²) in [5.74, 6) is -0.200. The predicted octanol–water partition coefficient (Wildman–Crippen LogP) is 3.30. The highest BCUT2D eigenvalue weighted by molar-refractivity contribution is 5.32. The first-order valence-corrected chi connectivity index (χ1v) is 7.05. The summed E-state index contributed by atoms with van der Waals surface area (Å²) in [7, 11) is 1.97. The van der Waals surface area contributed by atoms with E-state index in [1.165, 1.54) is 23.8 Å². The molecule has 112 valence electrons. The molecule has 0 aliphatic rings. The largest absolute Gasteiger partial charge is 0.508 e. The first-order chi connectivity index (χ1) is 9.97. The number of hydrogen-bond acceptors (Lipinski definition) is 3. The van der Waals surface area contributed by atoms with E-state index in [9.17, 15) is 9.50 Å². The Bertz CT molecular complexity index is 615. The average molecular weight is 288 g/mol. The van der Waals surface area contributed by atoms with Crippen LogP contribution in [0, 0.1) is 12.7 Å². The molecule has 0 spiro atoms. The maximum absolute atomic E-state index is 13.3. The van der Waals surface area contributed by atoms with E-state index in [1.807, 2.05) is 26.1 Å². The standard InChI is InChI=1S/C17H21FN2O/c1-12-5-4-8-19-16(12)9-13(2)20(3)11-14-10-15(18)6-7-17(14)21/h4-8,10,13,21H,9,11H2,1-3H3. The molecule has 0 amide bonds.